The van der Waals surface area contributed by atoms with Gasteiger partial charge in [-0.1, -0.05) is 28.9 Å². The van der Waals surface area contributed by atoms with Gasteiger partial charge in [0.1, 0.15) is 0 Å². The predicted octanol–water partition coefficient (Wildman–Crippen LogP) is 3.61. The summed E-state index contributed by atoms with van der Waals surface area (Å²) in [7, 11) is 0. The Kier molecular flexibility index (Phi) is 2.30. The fourth-order valence-electron chi connectivity index (χ4n) is 1.36. The van der Waals surface area contributed by atoms with Crippen LogP contribution in [0, 0.1) is 13.8 Å². The molecule has 2 nitrogen and oxygen atoms in total. The number of aryl methyl sites for hydroxylation is 1. The van der Waals surface area contributed by atoms with E-state index in [2.05, 4.69) is 5.16 Å². The molecule has 0 aliphatic carbocycles. The number of nitrogens with zero attached hydrogens (tertiary/aromatic N) is 1. The van der Waals surface area contributed by atoms with Gasteiger partial charge in [-0.05, 0) is 25.5 Å². The van der Waals surface area contributed by atoms with E-state index in [0.29, 0.717) is 0 Å². The lowest BCUT2D eigenvalue weighted by Crippen LogP contribution is -1.81. The Morgan fingerprint density at radius 2 is 2.07 bits per heavy atom. The van der Waals surface area contributed by atoms with Crippen molar-refractivity contribution >= 4 is 11.6 Å². The van der Waals surface area contributed by atoms with Gasteiger partial charge in [-0.2, -0.15) is 0 Å². The van der Waals surface area contributed by atoms with E-state index in [1.807, 2.05) is 38.1 Å². The van der Waals surface area contributed by atoms with Crippen molar-refractivity contribution in [3.63, 3.8) is 0 Å². The Balaban J connectivity index is 2.57. The van der Waals surface area contributed by atoms with Crippen molar-refractivity contribution in [3.05, 3.63) is 40.5 Å². The molecule has 3 heteroatoms. The number of rotatable bonds is 1. The van der Waals surface area contributed by atoms with Crippen LogP contribution in [0.4, 0.5) is 0 Å². The molecule has 72 valence electrons. The van der Waals surface area contributed by atoms with Crippen molar-refractivity contribution in [2.45, 2.75) is 13.8 Å². The van der Waals surface area contributed by atoms with E-state index in [4.69, 9.17) is 16.1 Å². The topological polar surface area (TPSA) is 26.0 Å². The van der Waals surface area contributed by atoms with Crippen LogP contribution in [-0.4, -0.2) is 5.16 Å². The molecule has 0 unspecified atom stereocenters. The second-order valence-corrected chi connectivity index (χ2v) is 3.65. The zero-order valence-corrected chi connectivity index (χ0v) is 8.80. The quantitative estimate of drug-likeness (QED) is 0.714. The molecule has 0 fully saturated rings. The average molecular weight is 208 g/mol. The van der Waals surface area contributed by atoms with Gasteiger partial charge < -0.3 is 4.52 Å². The molecular formula is C11H10ClNO. The zero-order chi connectivity index (χ0) is 10.1. The summed E-state index contributed by atoms with van der Waals surface area (Å²) in [4.78, 5) is 0. The maximum Gasteiger partial charge on any atom is 0.167 e. The predicted molar refractivity (Wildman–Crippen MR) is 56.4 cm³/mol. The van der Waals surface area contributed by atoms with Gasteiger partial charge in [0.05, 0.1) is 5.69 Å². The summed E-state index contributed by atoms with van der Waals surface area (Å²) in [5.41, 5.74) is 2.89. The molecule has 0 saturated heterocycles. The molecule has 1 heterocycles. The normalized spacial score (nSPS) is 10.5. The van der Waals surface area contributed by atoms with Gasteiger partial charge in [0.15, 0.2) is 5.76 Å². The first-order chi connectivity index (χ1) is 6.68. The fraction of sp³-hybridized carbons (Fsp3) is 0.182. The minimum Gasteiger partial charge on any atom is -0.356 e. The first-order valence-electron chi connectivity index (χ1n) is 4.37. The summed E-state index contributed by atoms with van der Waals surface area (Å²) in [5.74, 6) is 0.766. The number of benzene rings is 1. The maximum atomic E-state index is 6.01. The number of aromatic nitrogens is 1. The Labute approximate surface area is 87.5 Å². The molecule has 2 aromatic rings. The summed E-state index contributed by atoms with van der Waals surface area (Å²) in [5, 5.41) is 4.59. The molecule has 1 aromatic heterocycles. The van der Waals surface area contributed by atoms with E-state index in [-0.39, 0.29) is 0 Å². The number of hydrogen-bond donors (Lipinski definition) is 0. The van der Waals surface area contributed by atoms with Crippen LogP contribution >= 0.6 is 11.6 Å². The van der Waals surface area contributed by atoms with Crippen LogP contribution in [0.1, 0.15) is 11.3 Å². The lowest BCUT2D eigenvalue weighted by Gasteiger charge is -2.02. The number of hydrogen-bond acceptors (Lipinski definition) is 2. The van der Waals surface area contributed by atoms with Crippen LogP contribution in [0.3, 0.4) is 0 Å². The molecular weight excluding hydrogens is 198 g/mol. The van der Waals surface area contributed by atoms with Crippen LogP contribution < -0.4 is 0 Å². The highest BCUT2D eigenvalue weighted by molar-refractivity contribution is 6.31. The summed E-state index contributed by atoms with van der Waals surface area (Å²) >= 11 is 6.01. The van der Waals surface area contributed by atoms with Crippen molar-refractivity contribution in [3.8, 4) is 11.3 Å². The van der Waals surface area contributed by atoms with Gasteiger partial charge in [-0.3, -0.25) is 0 Å². The van der Waals surface area contributed by atoms with Gasteiger partial charge in [-0.15, -0.1) is 0 Å². The minimum atomic E-state index is 0.747. The second-order valence-electron chi connectivity index (χ2n) is 3.24. The van der Waals surface area contributed by atoms with Crippen molar-refractivity contribution in [1.29, 1.82) is 0 Å². The molecule has 0 atom stereocenters. The van der Waals surface area contributed by atoms with E-state index in [1.165, 1.54) is 0 Å². The molecule has 1 aromatic carbocycles. The zero-order valence-electron chi connectivity index (χ0n) is 8.04. The molecule has 0 saturated carbocycles. The van der Waals surface area contributed by atoms with Gasteiger partial charge in [0, 0.05) is 16.7 Å². The van der Waals surface area contributed by atoms with Gasteiger partial charge in [0.2, 0.25) is 0 Å². The molecule has 0 radical (unpaired) electrons. The third kappa shape index (κ3) is 1.53. The van der Waals surface area contributed by atoms with Crippen LogP contribution in [0.15, 0.2) is 28.8 Å². The maximum absolute atomic E-state index is 6.01. The van der Waals surface area contributed by atoms with Gasteiger partial charge >= 0.3 is 0 Å². The Morgan fingerprint density at radius 1 is 1.29 bits per heavy atom. The third-order valence-corrected chi connectivity index (χ3v) is 2.57. The highest BCUT2D eigenvalue weighted by Gasteiger charge is 2.08. The van der Waals surface area contributed by atoms with Gasteiger partial charge in [0.25, 0.3) is 0 Å². The summed E-state index contributed by atoms with van der Waals surface area (Å²) < 4.78 is 5.18. The highest BCUT2D eigenvalue weighted by Crippen LogP contribution is 2.28. The summed E-state index contributed by atoms with van der Waals surface area (Å²) in [6.07, 6.45) is 0. The third-order valence-electron chi connectivity index (χ3n) is 2.16. The first-order valence-corrected chi connectivity index (χ1v) is 4.75. The minimum absolute atomic E-state index is 0.747. The fourth-order valence-corrected chi connectivity index (χ4v) is 1.54. The van der Waals surface area contributed by atoms with Crippen molar-refractivity contribution in [2.75, 3.05) is 0 Å². The van der Waals surface area contributed by atoms with Gasteiger partial charge in [-0.25, -0.2) is 0 Å². The van der Waals surface area contributed by atoms with Crippen LogP contribution in [0.5, 0.6) is 0 Å². The number of halogens is 1. The van der Waals surface area contributed by atoms with Crippen LogP contribution in [0.25, 0.3) is 11.3 Å². The summed E-state index contributed by atoms with van der Waals surface area (Å²) in [6, 6.07) is 7.64. The average Bonchev–Trinajstić information content (AvgIpc) is 2.57. The standard InChI is InChI=1S/C11H10ClNO/c1-7-6-11(14-13-7)9-4-3-5-10(12)8(9)2/h3-6H,1-2H3. The monoisotopic (exact) mass is 207 g/mol. The lowest BCUT2D eigenvalue weighted by atomic mass is 10.1. The Bertz CT molecular complexity index is 462. The Hall–Kier alpha value is -1.28. The van der Waals surface area contributed by atoms with Crippen molar-refractivity contribution in [2.24, 2.45) is 0 Å². The van der Waals surface area contributed by atoms with E-state index < -0.39 is 0 Å². The second kappa shape index (κ2) is 3.46. The smallest absolute Gasteiger partial charge is 0.167 e. The molecule has 0 amide bonds. The molecule has 0 spiro atoms. The highest BCUT2D eigenvalue weighted by atomic mass is 35.5. The molecule has 0 aliphatic rings. The Morgan fingerprint density at radius 3 is 2.71 bits per heavy atom. The lowest BCUT2D eigenvalue weighted by molar-refractivity contribution is 0.427. The van der Waals surface area contributed by atoms with E-state index in [1.54, 1.807) is 0 Å². The van der Waals surface area contributed by atoms with Crippen molar-refractivity contribution in [1.82, 2.24) is 5.16 Å². The first kappa shape index (κ1) is 9.28. The van der Waals surface area contributed by atoms with Crippen LogP contribution in [-0.2, 0) is 0 Å². The molecule has 14 heavy (non-hydrogen) atoms. The van der Waals surface area contributed by atoms with E-state index >= 15 is 0 Å². The molecule has 0 N–H and O–H groups in total. The molecule has 0 aliphatic heterocycles. The molecule has 0 bridgehead atoms. The summed E-state index contributed by atoms with van der Waals surface area (Å²) in [6.45, 7) is 3.86. The SMILES string of the molecule is Cc1cc(-c2cccc(Cl)c2C)on1. The van der Waals surface area contributed by atoms with E-state index in [9.17, 15) is 0 Å². The van der Waals surface area contributed by atoms with E-state index in [0.717, 1.165) is 27.6 Å². The van der Waals surface area contributed by atoms with Crippen LogP contribution in [0.2, 0.25) is 5.02 Å². The molecule has 2 rings (SSSR count). The largest absolute Gasteiger partial charge is 0.356 e. The van der Waals surface area contributed by atoms with Crippen molar-refractivity contribution < 1.29 is 4.52 Å².